The number of hydrogen-bond acceptors (Lipinski definition) is 5. The Hall–Kier alpha value is -1.41. The summed E-state index contributed by atoms with van der Waals surface area (Å²) in [5.41, 5.74) is 0. The highest BCUT2D eigenvalue weighted by molar-refractivity contribution is 9.10. The minimum atomic E-state index is -0.188. The third-order valence-electron chi connectivity index (χ3n) is 2.77. The molecule has 2 N–H and O–H groups in total. The molecule has 8 heteroatoms. The third-order valence-corrected chi connectivity index (χ3v) is 4.31. The van der Waals surface area contributed by atoms with E-state index in [4.69, 9.17) is 0 Å². The first-order valence-electron chi connectivity index (χ1n) is 6.60. The van der Waals surface area contributed by atoms with Crippen molar-refractivity contribution in [2.75, 3.05) is 5.75 Å². The first-order valence-corrected chi connectivity index (χ1v) is 8.38. The number of rotatable bonds is 7. The number of aromatic nitrogens is 4. The summed E-state index contributed by atoms with van der Waals surface area (Å²) in [5.74, 6) is 0.852. The van der Waals surface area contributed by atoms with Gasteiger partial charge in [-0.2, -0.15) is 5.21 Å². The highest BCUT2D eigenvalue weighted by Crippen LogP contribution is 2.21. The number of halogens is 1. The highest BCUT2D eigenvalue weighted by Gasteiger charge is 2.17. The molecule has 0 bridgehead atoms. The van der Waals surface area contributed by atoms with Crippen molar-refractivity contribution in [2.45, 2.75) is 30.7 Å². The van der Waals surface area contributed by atoms with Gasteiger partial charge in [-0.1, -0.05) is 34.5 Å². The lowest BCUT2D eigenvalue weighted by Gasteiger charge is -2.14. The second-order valence-corrected chi connectivity index (χ2v) is 6.39. The molecule has 1 unspecified atom stereocenters. The van der Waals surface area contributed by atoms with Crippen molar-refractivity contribution in [1.82, 2.24) is 25.9 Å². The fourth-order valence-corrected chi connectivity index (χ4v) is 2.76. The van der Waals surface area contributed by atoms with E-state index in [1.165, 1.54) is 11.8 Å². The molecule has 112 valence electrons. The molecule has 6 nitrogen and oxygen atoms in total. The van der Waals surface area contributed by atoms with Crippen LogP contribution in [0.5, 0.6) is 0 Å². The van der Waals surface area contributed by atoms with Gasteiger partial charge in [0.15, 0.2) is 5.82 Å². The smallest absolute Gasteiger partial charge is 0.230 e. The molecular weight excluding hydrogens is 354 g/mol. The molecule has 0 spiro atoms. The van der Waals surface area contributed by atoms with Gasteiger partial charge in [0.2, 0.25) is 5.91 Å². The average molecular weight is 370 g/mol. The minimum Gasteiger partial charge on any atom is -0.345 e. The van der Waals surface area contributed by atoms with Gasteiger partial charge in [0.25, 0.3) is 0 Å². The van der Waals surface area contributed by atoms with E-state index in [0.717, 1.165) is 22.2 Å². The van der Waals surface area contributed by atoms with Crippen LogP contribution in [0.1, 0.15) is 31.6 Å². The van der Waals surface area contributed by atoms with Gasteiger partial charge in [-0.05, 0) is 30.7 Å². The second-order valence-electron chi connectivity index (χ2n) is 4.42. The lowest BCUT2D eigenvalue weighted by atomic mass is 10.1. The van der Waals surface area contributed by atoms with E-state index in [-0.39, 0.29) is 11.9 Å². The molecule has 1 heterocycles. The van der Waals surface area contributed by atoms with Crippen LogP contribution >= 0.6 is 27.7 Å². The molecule has 0 aliphatic carbocycles. The fourth-order valence-electron chi connectivity index (χ4n) is 1.79. The van der Waals surface area contributed by atoms with Crippen LogP contribution in [0.25, 0.3) is 0 Å². The van der Waals surface area contributed by atoms with Gasteiger partial charge in [0.05, 0.1) is 11.8 Å². The van der Waals surface area contributed by atoms with Gasteiger partial charge in [0.1, 0.15) is 0 Å². The zero-order valence-corrected chi connectivity index (χ0v) is 13.9. The molecule has 0 saturated carbocycles. The maximum absolute atomic E-state index is 12.0. The molecule has 1 atom stereocenters. The van der Waals surface area contributed by atoms with Crippen molar-refractivity contribution in [3.05, 3.63) is 34.6 Å². The topological polar surface area (TPSA) is 83.6 Å². The summed E-state index contributed by atoms with van der Waals surface area (Å²) in [6, 6.07) is 7.68. The molecule has 21 heavy (non-hydrogen) atoms. The van der Waals surface area contributed by atoms with E-state index in [2.05, 4.69) is 48.8 Å². The SMILES string of the molecule is CCCC(NC(=O)CSc1ccc(Br)cc1)c1nn[nH]n1. The molecule has 0 aliphatic heterocycles. The van der Waals surface area contributed by atoms with Crippen LogP contribution < -0.4 is 5.32 Å². The summed E-state index contributed by atoms with van der Waals surface area (Å²) < 4.78 is 1.02. The number of nitrogens with zero attached hydrogens (tertiary/aromatic N) is 3. The Balaban J connectivity index is 1.86. The predicted octanol–water partition coefficient (Wildman–Crippen LogP) is 2.71. The lowest BCUT2D eigenvalue weighted by Crippen LogP contribution is -2.30. The maximum Gasteiger partial charge on any atom is 0.230 e. The summed E-state index contributed by atoms with van der Waals surface area (Å²) in [7, 11) is 0. The van der Waals surface area contributed by atoms with Crippen molar-refractivity contribution in [3.63, 3.8) is 0 Å². The molecule has 1 amide bonds. The number of thioether (sulfide) groups is 1. The number of amides is 1. The van der Waals surface area contributed by atoms with E-state index in [1.54, 1.807) is 0 Å². The Kier molecular flexibility index (Phi) is 6.19. The number of hydrogen-bond donors (Lipinski definition) is 2. The van der Waals surface area contributed by atoms with Crippen molar-refractivity contribution in [2.24, 2.45) is 0 Å². The summed E-state index contributed by atoms with van der Waals surface area (Å²) in [5, 5.41) is 16.8. The van der Waals surface area contributed by atoms with Crippen LogP contribution in [-0.2, 0) is 4.79 Å². The number of tetrazole rings is 1. The average Bonchev–Trinajstić information content (AvgIpc) is 3.00. The van der Waals surface area contributed by atoms with E-state index >= 15 is 0 Å². The Bertz CT molecular complexity index is 560. The molecule has 0 saturated heterocycles. The number of H-pyrrole nitrogens is 1. The van der Waals surface area contributed by atoms with Crippen LogP contribution in [0.4, 0.5) is 0 Å². The molecule has 0 radical (unpaired) electrons. The predicted molar refractivity (Wildman–Crippen MR) is 84.8 cm³/mol. The quantitative estimate of drug-likeness (QED) is 0.733. The van der Waals surface area contributed by atoms with E-state index in [0.29, 0.717) is 11.6 Å². The van der Waals surface area contributed by atoms with Gasteiger partial charge in [0, 0.05) is 9.37 Å². The van der Waals surface area contributed by atoms with Crippen LogP contribution in [0.15, 0.2) is 33.6 Å². The molecular formula is C13H16BrN5OS. The number of aromatic amines is 1. The standard InChI is InChI=1S/C13H16BrN5OS/c1-2-3-11(13-16-18-19-17-13)15-12(20)8-21-10-6-4-9(14)5-7-10/h4-7,11H,2-3,8H2,1H3,(H,15,20)(H,16,17,18,19). The van der Waals surface area contributed by atoms with E-state index in [9.17, 15) is 4.79 Å². The van der Waals surface area contributed by atoms with Crippen molar-refractivity contribution in [1.29, 1.82) is 0 Å². The summed E-state index contributed by atoms with van der Waals surface area (Å²) >= 11 is 4.88. The van der Waals surface area contributed by atoms with Gasteiger partial charge < -0.3 is 5.32 Å². The van der Waals surface area contributed by atoms with E-state index < -0.39 is 0 Å². The summed E-state index contributed by atoms with van der Waals surface area (Å²) in [6.45, 7) is 2.05. The van der Waals surface area contributed by atoms with Gasteiger partial charge in [-0.3, -0.25) is 4.79 Å². The summed E-state index contributed by atoms with van der Waals surface area (Å²) in [4.78, 5) is 13.1. The molecule has 0 aliphatic rings. The first-order chi connectivity index (χ1) is 10.2. The maximum atomic E-state index is 12.0. The minimum absolute atomic E-state index is 0.0360. The molecule has 1 aromatic heterocycles. The third kappa shape index (κ3) is 5.13. The Labute approximate surface area is 135 Å². The van der Waals surface area contributed by atoms with Crippen LogP contribution in [0.3, 0.4) is 0 Å². The van der Waals surface area contributed by atoms with Crippen LogP contribution in [0.2, 0.25) is 0 Å². The summed E-state index contributed by atoms with van der Waals surface area (Å²) in [6.07, 6.45) is 1.72. The van der Waals surface area contributed by atoms with Gasteiger partial charge in [-0.25, -0.2) is 0 Å². The van der Waals surface area contributed by atoms with E-state index in [1.807, 2.05) is 24.3 Å². The fraction of sp³-hybridized carbons (Fsp3) is 0.385. The van der Waals surface area contributed by atoms with Crippen molar-refractivity contribution >= 4 is 33.6 Å². The number of carbonyl (C=O) groups excluding carboxylic acids is 1. The lowest BCUT2D eigenvalue weighted by molar-refractivity contribution is -0.119. The van der Waals surface area contributed by atoms with Crippen molar-refractivity contribution in [3.8, 4) is 0 Å². The number of carbonyl (C=O) groups is 1. The monoisotopic (exact) mass is 369 g/mol. The van der Waals surface area contributed by atoms with Crippen LogP contribution in [-0.4, -0.2) is 32.3 Å². The first kappa shape index (κ1) is 16.0. The molecule has 0 fully saturated rings. The normalized spacial score (nSPS) is 12.1. The zero-order chi connectivity index (χ0) is 15.1. The van der Waals surface area contributed by atoms with Crippen LogP contribution in [0, 0.1) is 0 Å². The van der Waals surface area contributed by atoms with Crippen molar-refractivity contribution < 1.29 is 4.79 Å². The zero-order valence-electron chi connectivity index (χ0n) is 11.5. The highest BCUT2D eigenvalue weighted by atomic mass is 79.9. The van der Waals surface area contributed by atoms with Gasteiger partial charge in [-0.15, -0.1) is 22.0 Å². The number of benzene rings is 1. The number of nitrogens with one attached hydrogen (secondary N) is 2. The molecule has 1 aromatic carbocycles. The Morgan fingerprint density at radius 3 is 2.81 bits per heavy atom. The molecule has 2 aromatic rings. The second kappa shape index (κ2) is 8.14. The largest absolute Gasteiger partial charge is 0.345 e. The Morgan fingerprint density at radius 1 is 1.43 bits per heavy atom. The van der Waals surface area contributed by atoms with Gasteiger partial charge >= 0.3 is 0 Å². The molecule has 2 rings (SSSR count). The Morgan fingerprint density at radius 2 is 2.19 bits per heavy atom.